The summed E-state index contributed by atoms with van der Waals surface area (Å²) in [6, 6.07) is 21.9. The van der Waals surface area contributed by atoms with Crippen molar-refractivity contribution in [3.8, 4) is 0 Å². The Morgan fingerprint density at radius 3 is 1.95 bits per heavy atom. The minimum absolute atomic E-state index is 0.0518. The summed E-state index contributed by atoms with van der Waals surface area (Å²) in [5.74, 6) is -0.760. The highest BCUT2D eigenvalue weighted by Crippen LogP contribution is 2.24. The molecule has 38 heavy (non-hydrogen) atoms. The first-order chi connectivity index (χ1) is 18.0. The van der Waals surface area contributed by atoms with Gasteiger partial charge in [-0.3, -0.25) is 13.9 Å². The van der Waals surface area contributed by atoms with Gasteiger partial charge in [-0.15, -0.1) is 0 Å². The van der Waals surface area contributed by atoms with E-state index in [0.29, 0.717) is 5.69 Å². The number of rotatable bonds is 11. The summed E-state index contributed by atoms with van der Waals surface area (Å²) < 4.78 is 28.6. The van der Waals surface area contributed by atoms with E-state index >= 15 is 0 Å². The van der Waals surface area contributed by atoms with Crippen molar-refractivity contribution in [2.75, 3.05) is 10.8 Å². The molecule has 0 saturated heterocycles. The standard InChI is InChI=1S/C30H37N3O4S/c1-6-24(4)31-30(35)25(5)32(20-26-16-12-22(2)13-17-26)29(34)21-33(27-10-8-7-9-11-27)38(36,37)28-18-14-23(3)15-19-28/h7-19,24-25H,6,20-21H2,1-5H3,(H,31,35)/t24-,25+/m0/s1. The SMILES string of the molecule is CC[C@H](C)NC(=O)[C@@H](C)N(Cc1ccc(C)cc1)C(=O)CN(c1ccccc1)S(=O)(=O)c1ccc(C)cc1. The van der Waals surface area contributed by atoms with Crippen LogP contribution in [0.1, 0.15) is 43.9 Å². The van der Waals surface area contributed by atoms with Crippen molar-refractivity contribution < 1.29 is 18.0 Å². The third-order valence-electron chi connectivity index (χ3n) is 6.57. The van der Waals surface area contributed by atoms with Gasteiger partial charge in [0.05, 0.1) is 10.6 Å². The molecule has 0 aromatic heterocycles. The van der Waals surface area contributed by atoms with E-state index in [1.54, 1.807) is 49.4 Å². The maximum Gasteiger partial charge on any atom is 0.264 e. The zero-order valence-electron chi connectivity index (χ0n) is 22.7. The molecule has 3 aromatic carbocycles. The fourth-order valence-electron chi connectivity index (χ4n) is 3.90. The molecular weight excluding hydrogens is 498 g/mol. The maximum atomic E-state index is 13.9. The molecule has 7 nitrogen and oxygen atoms in total. The van der Waals surface area contributed by atoms with Gasteiger partial charge in [-0.05, 0) is 63.9 Å². The van der Waals surface area contributed by atoms with Gasteiger partial charge in [0.1, 0.15) is 12.6 Å². The van der Waals surface area contributed by atoms with Crippen molar-refractivity contribution in [2.45, 2.75) is 64.6 Å². The van der Waals surface area contributed by atoms with Crippen molar-refractivity contribution in [1.82, 2.24) is 10.2 Å². The lowest BCUT2D eigenvalue weighted by Gasteiger charge is -2.32. The summed E-state index contributed by atoms with van der Waals surface area (Å²) in [5, 5.41) is 2.94. The number of amides is 2. The van der Waals surface area contributed by atoms with Crippen molar-refractivity contribution >= 4 is 27.5 Å². The topological polar surface area (TPSA) is 86.8 Å². The molecule has 0 radical (unpaired) electrons. The number of sulfonamides is 1. The first kappa shape index (κ1) is 28.9. The maximum absolute atomic E-state index is 13.9. The highest BCUT2D eigenvalue weighted by molar-refractivity contribution is 7.92. The summed E-state index contributed by atoms with van der Waals surface area (Å²) in [5.41, 5.74) is 3.22. The predicted molar refractivity (Wildman–Crippen MR) is 151 cm³/mol. The Morgan fingerprint density at radius 1 is 0.842 bits per heavy atom. The Hall–Kier alpha value is -3.65. The minimum atomic E-state index is -4.06. The Kier molecular flexibility index (Phi) is 9.69. The molecule has 0 aliphatic heterocycles. The van der Waals surface area contributed by atoms with Gasteiger partial charge >= 0.3 is 0 Å². The second-order valence-electron chi connectivity index (χ2n) is 9.66. The number of nitrogens with zero attached hydrogens (tertiary/aromatic N) is 2. The zero-order chi connectivity index (χ0) is 27.9. The first-order valence-electron chi connectivity index (χ1n) is 12.8. The van der Waals surface area contributed by atoms with Crippen LogP contribution in [-0.2, 0) is 26.2 Å². The summed E-state index contributed by atoms with van der Waals surface area (Å²) in [6.07, 6.45) is 0.751. The molecule has 2 amide bonds. The normalized spacial score (nSPS) is 12.9. The Bertz CT molecular complexity index is 1320. The minimum Gasteiger partial charge on any atom is -0.352 e. The van der Waals surface area contributed by atoms with Crippen molar-refractivity contribution in [1.29, 1.82) is 0 Å². The number of para-hydroxylation sites is 1. The van der Waals surface area contributed by atoms with Crippen molar-refractivity contribution in [2.24, 2.45) is 0 Å². The highest BCUT2D eigenvalue weighted by atomic mass is 32.2. The van der Waals surface area contributed by atoms with E-state index in [-0.39, 0.29) is 23.4 Å². The van der Waals surface area contributed by atoms with Gasteiger partial charge in [0.2, 0.25) is 11.8 Å². The lowest BCUT2D eigenvalue weighted by atomic mass is 10.1. The number of carbonyl (C=O) groups excluding carboxylic acids is 2. The number of aryl methyl sites for hydroxylation is 2. The molecule has 0 fully saturated rings. The second-order valence-corrected chi connectivity index (χ2v) is 11.5. The van der Waals surface area contributed by atoms with Crippen LogP contribution in [0.15, 0.2) is 83.8 Å². The molecule has 202 valence electrons. The van der Waals surface area contributed by atoms with Crippen LogP contribution >= 0.6 is 0 Å². The van der Waals surface area contributed by atoms with Crippen LogP contribution in [0.2, 0.25) is 0 Å². The molecule has 0 bridgehead atoms. The van der Waals surface area contributed by atoms with Crippen LogP contribution in [0.4, 0.5) is 5.69 Å². The number of anilines is 1. The van der Waals surface area contributed by atoms with Crippen LogP contribution in [0, 0.1) is 13.8 Å². The molecular formula is C30H37N3O4S. The molecule has 3 aromatic rings. The van der Waals surface area contributed by atoms with Gasteiger partial charge in [0.15, 0.2) is 0 Å². The monoisotopic (exact) mass is 535 g/mol. The number of hydrogen-bond donors (Lipinski definition) is 1. The summed E-state index contributed by atoms with van der Waals surface area (Å²) in [7, 11) is -4.06. The van der Waals surface area contributed by atoms with E-state index < -0.39 is 28.5 Å². The van der Waals surface area contributed by atoms with Crippen LogP contribution in [-0.4, -0.2) is 43.8 Å². The van der Waals surface area contributed by atoms with E-state index in [1.807, 2.05) is 52.0 Å². The lowest BCUT2D eigenvalue weighted by Crippen LogP contribution is -2.52. The quantitative estimate of drug-likeness (QED) is 0.381. The molecule has 0 unspecified atom stereocenters. The molecule has 0 saturated carbocycles. The van der Waals surface area contributed by atoms with E-state index in [0.717, 1.165) is 27.4 Å². The largest absolute Gasteiger partial charge is 0.352 e. The summed E-state index contributed by atoms with van der Waals surface area (Å²) in [6.45, 7) is 9.12. The summed E-state index contributed by atoms with van der Waals surface area (Å²) >= 11 is 0. The smallest absolute Gasteiger partial charge is 0.264 e. The number of hydrogen-bond acceptors (Lipinski definition) is 4. The third kappa shape index (κ3) is 7.22. The lowest BCUT2D eigenvalue weighted by molar-refractivity contribution is -0.139. The fourth-order valence-corrected chi connectivity index (χ4v) is 5.31. The van der Waals surface area contributed by atoms with E-state index in [1.165, 1.54) is 17.0 Å². The van der Waals surface area contributed by atoms with Crippen LogP contribution in [0.25, 0.3) is 0 Å². The van der Waals surface area contributed by atoms with Crippen molar-refractivity contribution in [3.63, 3.8) is 0 Å². The van der Waals surface area contributed by atoms with E-state index in [2.05, 4.69) is 5.32 Å². The van der Waals surface area contributed by atoms with Crippen molar-refractivity contribution in [3.05, 3.63) is 95.6 Å². The van der Waals surface area contributed by atoms with Gasteiger partial charge in [-0.1, -0.05) is 72.6 Å². The molecule has 1 N–H and O–H groups in total. The van der Waals surface area contributed by atoms with Gasteiger partial charge in [-0.25, -0.2) is 8.42 Å². The molecule has 2 atom stereocenters. The fraction of sp³-hybridized carbons (Fsp3) is 0.333. The first-order valence-corrected chi connectivity index (χ1v) is 14.3. The number of benzene rings is 3. The predicted octanol–water partition coefficient (Wildman–Crippen LogP) is 4.83. The highest BCUT2D eigenvalue weighted by Gasteiger charge is 2.32. The third-order valence-corrected chi connectivity index (χ3v) is 8.36. The number of carbonyl (C=O) groups is 2. The molecule has 8 heteroatoms. The Morgan fingerprint density at radius 2 is 1.39 bits per heavy atom. The van der Waals surface area contributed by atoms with Gasteiger partial charge in [0, 0.05) is 12.6 Å². The van der Waals surface area contributed by atoms with Crippen LogP contribution in [0.3, 0.4) is 0 Å². The zero-order valence-corrected chi connectivity index (χ0v) is 23.5. The Labute approximate surface area is 226 Å². The molecule has 0 aliphatic rings. The summed E-state index contributed by atoms with van der Waals surface area (Å²) in [4.78, 5) is 28.5. The molecule has 3 rings (SSSR count). The number of nitrogens with one attached hydrogen (secondary N) is 1. The Balaban J connectivity index is 1.99. The van der Waals surface area contributed by atoms with Crippen LogP contribution < -0.4 is 9.62 Å². The van der Waals surface area contributed by atoms with E-state index in [9.17, 15) is 18.0 Å². The average molecular weight is 536 g/mol. The van der Waals surface area contributed by atoms with Gasteiger partial charge < -0.3 is 10.2 Å². The van der Waals surface area contributed by atoms with Crippen LogP contribution in [0.5, 0.6) is 0 Å². The molecule has 0 heterocycles. The van der Waals surface area contributed by atoms with Gasteiger partial charge in [0.25, 0.3) is 10.0 Å². The average Bonchev–Trinajstić information content (AvgIpc) is 2.91. The molecule has 0 spiro atoms. The second kappa shape index (κ2) is 12.7. The van der Waals surface area contributed by atoms with Gasteiger partial charge in [-0.2, -0.15) is 0 Å². The van der Waals surface area contributed by atoms with E-state index in [4.69, 9.17) is 0 Å². The molecule has 0 aliphatic carbocycles.